The van der Waals surface area contributed by atoms with Crippen molar-refractivity contribution in [1.82, 2.24) is 4.90 Å². The van der Waals surface area contributed by atoms with E-state index in [-0.39, 0.29) is 5.92 Å². The Labute approximate surface area is 232 Å². The molecule has 2 aliphatic rings. The molecule has 1 saturated heterocycles. The number of sulfone groups is 1. The highest BCUT2D eigenvalue weighted by atomic mass is 35.5. The highest BCUT2D eigenvalue weighted by Gasteiger charge is 2.52. The third kappa shape index (κ3) is 5.84. The molecular formula is C27H28Cl2N2O6S. The van der Waals surface area contributed by atoms with Crippen LogP contribution in [0.3, 0.4) is 0 Å². The summed E-state index contributed by atoms with van der Waals surface area (Å²) in [5.74, 6) is -2.38. The van der Waals surface area contributed by atoms with Gasteiger partial charge >= 0.3 is 5.97 Å². The fourth-order valence-corrected chi connectivity index (χ4v) is 6.55. The number of nitrogens with zero attached hydrogens (tertiary/aromatic N) is 2. The van der Waals surface area contributed by atoms with Gasteiger partial charge in [0, 0.05) is 16.1 Å². The van der Waals surface area contributed by atoms with Gasteiger partial charge in [0.2, 0.25) is 0 Å². The van der Waals surface area contributed by atoms with E-state index >= 15 is 0 Å². The van der Waals surface area contributed by atoms with Crippen LogP contribution in [0, 0.1) is 17.2 Å². The Kier molecular flexibility index (Phi) is 8.10. The number of hydrogen-bond donors (Lipinski definition) is 1. The second kappa shape index (κ2) is 10.9. The van der Waals surface area contributed by atoms with Gasteiger partial charge in [-0.25, -0.2) is 8.42 Å². The predicted octanol–water partition coefficient (Wildman–Crippen LogP) is 4.97. The molecule has 4 atom stereocenters. The molecular weight excluding hydrogens is 551 g/mol. The summed E-state index contributed by atoms with van der Waals surface area (Å²) in [5.41, 5.74) is 1.25. The smallest absolute Gasteiger partial charge is 0.306 e. The number of carboxylic acid groups (broad SMARTS) is 1. The molecule has 1 aliphatic carbocycles. The van der Waals surface area contributed by atoms with E-state index in [9.17, 15) is 28.4 Å². The molecule has 2 aromatic rings. The summed E-state index contributed by atoms with van der Waals surface area (Å²) in [6.07, 6.45) is -1.36. The van der Waals surface area contributed by atoms with Gasteiger partial charge in [0.05, 0.1) is 24.3 Å². The van der Waals surface area contributed by atoms with Gasteiger partial charge in [-0.2, -0.15) is 5.26 Å². The van der Waals surface area contributed by atoms with E-state index in [0.29, 0.717) is 34.0 Å². The number of carbonyl (C=O) groups is 2. The van der Waals surface area contributed by atoms with Crippen molar-refractivity contribution in [2.24, 2.45) is 5.92 Å². The van der Waals surface area contributed by atoms with Crippen LogP contribution >= 0.6 is 23.2 Å². The van der Waals surface area contributed by atoms with Gasteiger partial charge in [-0.05, 0) is 68.0 Å². The molecule has 11 heteroatoms. The average Bonchev–Trinajstić information content (AvgIpc) is 3.69. The molecule has 0 bridgehead atoms. The number of nitriles is 1. The van der Waals surface area contributed by atoms with Crippen molar-refractivity contribution in [2.45, 2.75) is 62.1 Å². The molecule has 2 fully saturated rings. The van der Waals surface area contributed by atoms with Crippen molar-refractivity contribution in [2.75, 3.05) is 5.75 Å². The fraction of sp³-hybridized carbons (Fsp3) is 0.444. The van der Waals surface area contributed by atoms with Gasteiger partial charge < -0.3 is 14.7 Å². The molecule has 0 spiro atoms. The second-order valence-corrected chi connectivity index (χ2v) is 13.7. The van der Waals surface area contributed by atoms with Gasteiger partial charge in [0.15, 0.2) is 14.6 Å². The fourth-order valence-electron chi connectivity index (χ4n) is 4.79. The monoisotopic (exact) mass is 578 g/mol. The Morgan fingerprint density at radius 3 is 2.37 bits per heavy atom. The lowest BCUT2D eigenvalue weighted by Gasteiger charge is -2.48. The summed E-state index contributed by atoms with van der Waals surface area (Å²) < 4.78 is 31.3. The van der Waals surface area contributed by atoms with E-state index < -0.39 is 62.9 Å². The van der Waals surface area contributed by atoms with Crippen LogP contribution < -0.4 is 0 Å². The minimum Gasteiger partial charge on any atom is -0.481 e. The molecule has 38 heavy (non-hydrogen) atoms. The Hall–Kier alpha value is -2.64. The summed E-state index contributed by atoms with van der Waals surface area (Å²) in [5, 5.41) is 20.0. The molecule has 4 rings (SSSR count). The third-order valence-electron chi connectivity index (χ3n) is 7.14. The predicted molar refractivity (Wildman–Crippen MR) is 142 cm³/mol. The van der Waals surface area contributed by atoms with Gasteiger partial charge in [-0.1, -0.05) is 47.5 Å². The molecule has 4 unspecified atom stereocenters. The van der Waals surface area contributed by atoms with Crippen LogP contribution in [0.15, 0.2) is 48.5 Å². The standard InChI is InChI=1S/C27H28Cl2N2O6S/c1-27(2,15-30)38(35,36)14-21(16-6-7-16)31-24(17-8-10-19(28)11-9-17)25(18-4-3-5-20(29)12-18)37-22(26(31)34)13-23(32)33/h3-5,8-12,16,21-22,24-25H,6-7,13-14H2,1-2H3,(H,32,33). The SMILES string of the molecule is CC(C)(C#N)S(=O)(=O)CC(C1CC1)N1C(=O)C(CC(=O)O)OC(c2cccc(Cl)c2)C1c1ccc(Cl)cc1. The van der Waals surface area contributed by atoms with E-state index in [1.165, 1.54) is 18.7 Å². The van der Waals surface area contributed by atoms with Crippen molar-refractivity contribution in [1.29, 1.82) is 5.26 Å². The molecule has 1 heterocycles. The minimum atomic E-state index is -3.98. The summed E-state index contributed by atoms with van der Waals surface area (Å²) in [6.45, 7) is 2.68. The lowest BCUT2D eigenvalue weighted by atomic mass is 9.89. The third-order valence-corrected chi connectivity index (χ3v) is 10.1. The summed E-state index contributed by atoms with van der Waals surface area (Å²) in [6, 6.07) is 14.0. The first-order valence-electron chi connectivity index (χ1n) is 12.2. The number of benzene rings is 2. The number of carbonyl (C=O) groups excluding carboxylic acids is 1. The molecule has 1 saturated carbocycles. The first-order valence-corrected chi connectivity index (χ1v) is 14.6. The lowest BCUT2D eigenvalue weighted by molar-refractivity contribution is -0.183. The van der Waals surface area contributed by atoms with E-state index in [1.54, 1.807) is 48.5 Å². The van der Waals surface area contributed by atoms with Crippen LogP contribution in [0.1, 0.15) is 56.4 Å². The molecule has 8 nitrogen and oxygen atoms in total. The topological polar surface area (TPSA) is 125 Å². The Balaban J connectivity index is 1.90. The number of rotatable bonds is 9. The average molecular weight is 580 g/mol. The number of morpholine rings is 1. The van der Waals surface area contributed by atoms with E-state index in [2.05, 4.69) is 0 Å². The number of hydrogen-bond acceptors (Lipinski definition) is 6. The first-order chi connectivity index (χ1) is 17.8. The second-order valence-electron chi connectivity index (χ2n) is 10.2. The maximum atomic E-state index is 14.0. The minimum absolute atomic E-state index is 0.124. The van der Waals surface area contributed by atoms with Gasteiger partial charge in [-0.15, -0.1) is 0 Å². The van der Waals surface area contributed by atoms with E-state index in [0.717, 1.165) is 0 Å². The number of amides is 1. The summed E-state index contributed by atoms with van der Waals surface area (Å²) in [7, 11) is -3.98. The summed E-state index contributed by atoms with van der Waals surface area (Å²) in [4.78, 5) is 27.2. The van der Waals surface area contributed by atoms with Crippen LogP contribution in [0.4, 0.5) is 0 Å². The number of carboxylic acids is 1. The normalized spacial score (nSPS) is 23.1. The maximum Gasteiger partial charge on any atom is 0.306 e. The zero-order valence-corrected chi connectivity index (χ0v) is 23.2. The van der Waals surface area contributed by atoms with Gasteiger partial charge in [0.1, 0.15) is 12.2 Å². The Morgan fingerprint density at radius 2 is 1.82 bits per heavy atom. The Bertz CT molecular complexity index is 1370. The molecule has 202 valence electrons. The highest BCUT2D eigenvalue weighted by Crippen LogP contribution is 2.48. The molecule has 2 aromatic carbocycles. The van der Waals surface area contributed by atoms with Crippen LogP contribution in [0.2, 0.25) is 10.0 Å². The van der Waals surface area contributed by atoms with Crippen molar-refractivity contribution in [3.05, 3.63) is 69.7 Å². The molecule has 1 aliphatic heterocycles. The molecule has 1 N–H and O–H groups in total. The van der Waals surface area contributed by atoms with Crippen molar-refractivity contribution in [3.8, 4) is 6.07 Å². The molecule has 0 aromatic heterocycles. The zero-order chi connectivity index (χ0) is 27.8. The zero-order valence-electron chi connectivity index (χ0n) is 20.9. The maximum absolute atomic E-state index is 14.0. The van der Waals surface area contributed by atoms with Gasteiger partial charge in [-0.3, -0.25) is 9.59 Å². The molecule has 1 amide bonds. The largest absolute Gasteiger partial charge is 0.481 e. The quantitative estimate of drug-likeness (QED) is 0.445. The van der Waals surface area contributed by atoms with Crippen LogP contribution in [0.25, 0.3) is 0 Å². The lowest BCUT2D eigenvalue weighted by Crippen LogP contribution is -2.58. The van der Waals surface area contributed by atoms with Crippen LogP contribution in [0.5, 0.6) is 0 Å². The molecule has 0 radical (unpaired) electrons. The van der Waals surface area contributed by atoms with Crippen LogP contribution in [-0.4, -0.2) is 52.9 Å². The van der Waals surface area contributed by atoms with E-state index in [1.807, 2.05) is 6.07 Å². The number of aliphatic carboxylic acids is 1. The number of halogens is 2. The van der Waals surface area contributed by atoms with Gasteiger partial charge in [0.25, 0.3) is 5.91 Å². The first kappa shape index (κ1) is 28.4. The highest BCUT2D eigenvalue weighted by molar-refractivity contribution is 7.93. The van der Waals surface area contributed by atoms with Crippen molar-refractivity contribution < 1.29 is 27.9 Å². The van der Waals surface area contributed by atoms with Crippen LogP contribution in [-0.2, 0) is 24.2 Å². The van der Waals surface area contributed by atoms with Crippen molar-refractivity contribution >= 4 is 44.9 Å². The Morgan fingerprint density at radius 1 is 1.16 bits per heavy atom. The summed E-state index contributed by atoms with van der Waals surface area (Å²) >= 11 is 12.4. The van der Waals surface area contributed by atoms with Crippen molar-refractivity contribution in [3.63, 3.8) is 0 Å². The number of ether oxygens (including phenoxy) is 1. The van der Waals surface area contributed by atoms with E-state index in [4.69, 9.17) is 27.9 Å².